The van der Waals surface area contributed by atoms with Gasteiger partial charge in [0.05, 0.1) is 11.8 Å². The molecule has 0 radical (unpaired) electrons. The zero-order valence-electron chi connectivity index (χ0n) is 15.4. The molecule has 4 rings (SSSR count). The summed E-state index contributed by atoms with van der Waals surface area (Å²) < 4.78 is 0. The number of rotatable bonds is 5. The molecule has 3 aromatic rings. The molecule has 1 aliphatic rings. The molecule has 2 aromatic heterocycles. The van der Waals surface area contributed by atoms with Crippen LogP contribution in [0.25, 0.3) is 10.9 Å². The average Bonchev–Trinajstić information content (AvgIpc) is 3.37. The van der Waals surface area contributed by atoms with Crippen LogP contribution in [0.4, 0.5) is 0 Å². The van der Waals surface area contributed by atoms with E-state index in [1.807, 2.05) is 4.90 Å². The molecule has 28 heavy (non-hydrogen) atoms. The van der Waals surface area contributed by atoms with Crippen LogP contribution in [0.3, 0.4) is 0 Å². The largest absolute Gasteiger partial charge is 0.508 e. The number of fused-ring (bicyclic) bond motifs is 1. The van der Waals surface area contributed by atoms with Crippen LogP contribution in [0.5, 0.6) is 5.75 Å². The summed E-state index contributed by atoms with van der Waals surface area (Å²) in [5, 5.41) is 19.7. The van der Waals surface area contributed by atoms with Gasteiger partial charge in [0.25, 0.3) is 11.8 Å². The molecular formula is C20H23N5O3. The third-order valence-corrected chi connectivity index (χ3v) is 5.24. The van der Waals surface area contributed by atoms with Gasteiger partial charge >= 0.3 is 0 Å². The molecule has 8 heteroatoms. The van der Waals surface area contributed by atoms with E-state index in [0.29, 0.717) is 30.3 Å². The quantitative estimate of drug-likeness (QED) is 0.543. The predicted molar refractivity (Wildman–Crippen MR) is 104 cm³/mol. The van der Waals surface area contributed by atoms with Gasteiger partial charge in [-0.3, -0.25) is 14.7 Å². The SMILES string of the molecule is O=C(NCC[C@H]1CCCN(C(=O)c2cc3cc(O)ccc3[nH]2)C1)c1cn[nH]c1. The number of hydrogen-bond donors (Lipinski definition) is 4. The lowest BCUT2D eigenvalue weighted by molar-refractivity contribution is 0.0660. The molecule has 8 nitrogen and oxygen atoms in total. The highest BCUT2D eigenvalue weighted by Gasteiger charge is 2.25. The van der Waals surface area contributed by atoms with E-state index < -0.39 is 0 Å². The maximum Gasteiger partial charge on any atom is 0.270 e. The number of nitrogens with one attached hydrogen (secondary N) is 3. The van der Waals surface area contributed by atoms with Gasteiger partial charge in [-0.15, -0.1) is 0 Å². The molecule has 1 aromatic carbocycles. The zero-order valence-corrected chi connectivity index (χ0v) is 15.4. The molecule has 2 amide bonds. The van der Waals surface area contributed by atoms with Crippen LogP contribution in [-0.2, 0) is 0 Å². The Kier molecular flexibility index (Phi) is 5.01. The number of H-pyrrole nitrogens is 2. The first-order valence-electron chi connectivity index (χ1n) is 9.48. The highest BCUT2D eigenvalue weighted by atomic mass is 16.3. The van der Waals surface area contributed by atoms with Crippen molar-refractivity contribution in [2.75, 3.05) is 19.6 Å². The fourth-order valence-electron chi connectivity index (χ4n) is 3.76. The Hall–Kier alpha value is -3.29. The van der Waals surface area contributed by atoms with E-state index in [9.17, 15) is 14.7 Å². The predicted octanol–water partition coefficient (Wildman–Crippen LogP) is 2.27. The summed E-state index contributed by atoms with van der Waals surface area (Å²) in [6.07, 6.45) is 5.89. The summed E-state index contributed by atoms with van der Waals surface area (Å²) in [6, 6.07) is 6.79. The van der Waals surface area contributed by atoms with Crippen molar-refractivity contribution < 1.29 is 14.7 Å². The molecule has 146 valence electrons. The first-order chi connectivity index (χ1) is 13.6. The molecule has 1 fully saturated rings. The van der Waals surface area contributed by atoms with Crippen molar-refractivity contribution in [2.24, 2.45) is 5.92 Å². The lowest BCUT2D eigenvalue weighted by Crippen LogP contribution is -2.41. The number of piperidine rings is 1. The fraction of sp³-hybridized carbons (Fsp3) is 0.350. The van der Waals surface area contributed by atoms with Crippen LogP contribution >= 0.6 is 0 Å². The van der Waals surface area contributed by atoms with Crippen molar-refractivity contribution >= 4 is 22.7 Å². The second-order valence-corrected chi connectivity index (χ2v) is 7.25. The molecule has 0 unspecified atom stereocenters. The summed E-state index contributed by atoms with van der Waals surface area (Å²) in [6.45, 7) is 1.99. The molecule has 0 spiro atoms. The molecular weight excluding hydrogens is 358 g/mol. The van der Waals surface area contributed by atoms with Crippen molar-refractivity contribution in [3.63, 3.8) is 0 Å². The van der Waals surface area contributed by atoms with E-state index in [1.54, 1.807) is 30.5 Å². The minimum absolute atomic E-state index is 0.0252. The van der Waals surface area contributed by atoms with Crippen molar-refractivity contribution in [3.8, 4) is 5.75 Å². The Morgan fingerprint density at radius 3 is 3.04 bits per heavy atom. The number of amides is 2. The lowest BCUT2D eigenvalue weighted by Gasteiger charge is -2.32. The number of carbonyl (C=O) groups excluding carboxylic acids is 2. The van der Waals surface area contributed by atoms with Gasteiger partial charge in [-0.1, -0.05) is 0 Å². The van der Waals surface area contributed by atoms with E-state index in [0.717, 1.165) is 36.7 Å². The third kappa shape index (κ3) is 3.85. The second kappa shape index (κ2) is 7.75. The summed E-state index contributed by atoms with van der Waals surface area (Å²) >= 11 is 0. The van der Waals surface area contributed by atoms with Crippen molar-refractivity contribution in [1.82, 2.24) is 25.4 Å². The standard InChI is InChI=1S/C20H23N5O3/c26-16-3-4-17-14(8-16)9-18(24-17)20(28)25-7-1-2-13(12-25)5-6-21-19(27)15-10-22-23-11-15/h3-4,8-11,13,24,26H,1-2,5-7,12H2,(H,21,27)(H,22,23)/t13-/m1/s1. The number of hydrogen-bond acceptors (Lipinski definition) is 4. The highest BCUT2D eigenvalue weighted by Crippen LogP contribution is 2.24. The van der Waals surface area contributed by atoms with E-state index in [1.165, 1.54) is 6.20 Å². The summed E-state index contributed by atoms with van der Waals surface area (Å²) in [5.41, 5.74) is 1.89. The number of aromatic hydroxyl groups is 1. The van der Waals surface area contributed by atoms with Gasteiger partial charge < -0.3 is 20.3 Å². The Bertz CT molecular complexity index is 979. The molecule has 3 heterocycles. The van der Waals surface area contributed by atoms with Crippen LogP contribution < -0.4 is 5.32 Å². The van der Waals surface area contributed by atoms with E-state index in [4.69, 9.17) is 0 Å². The maximum absolute atomic E-state index is 12.9. The molecule has 1 aliphatic heterocycles. The van der Waals surface area contributed by atoms with Gasteiger partial charge in [-0.2, -0.15) is 5.10 Å². The van der Waals surface area contributed by atoms with Gasteiger partial charge in [0.2, 0.25) is 0 Å². The van der Waals surface area contributed by atoms with Gasteiger partial charge in [0.1, 0.15) is 11.4 Å². The van der Waals surface area contributed by atoms with Crippen LogP contribution in [0, 0.1) is 5.92 Å². The summed E-state index contributed by atoms with van der Waals surface area (Å²) in [5.74, 6) is 0.374. The number of aromatic nitrogens is 3. The number of benzene rings is 1. The normalized spacial score (nSPS) is 17.0. The molecule has 4 N–H and O–H groups in total. The number of phenolic OH excluding ortho intramolecular Hbond substituents is 1. The van der Waals surface area contributed by atoms with Crippen molar-refractivity contribution in [3.05, 3.63) is 47.9 Å². The Labute approximate surface area is 161 Å². The summed E-state index contributed by atoms with van der Waals surface area (Å²) in [4.78, 5) is 29.9. The number of carbonyl (C=O) groups is 2. The molecule has 0 bridgehead atoms. The average molecular weight is 381 g/mol. The van der Waals surface area contributed by atoms with Gasteiger partial charge in [0, 0.05) is 36.7 Å². The minimum atomic E-state index is -0.140. The van der Waals surface area contributed by atoms with Crippen LogP contribution in [0.15, 0.2) is 36.7 Å². The Morgan fingerprint density at radius 2 is 2.21 bits per heavy atom. The summed E-state index contributed by atoms with van der Waals surface area (Å²) in [7, 11) is 0. The van der Waals surface area contributed by atoms with Crippen LogP contribution in [0.1, 0.15) is 40.1 Å². The number of aromatic amines is 2. The highest BCUT2D eigenvalue weighted by molar-refractivity contribution is 5.98. The first-order valence-corrected chi connectivity index (χ1v) is 9.48. The van der Waals surface area contributed by atoms with Gasteiger partial charge in [0.15, 0.2) is 0 Å². The van der Waals surface area contributed by atoms with E-state index >= 15 is 0 Å². The Morgan fingerprint density at radius 1 is 1.32 bits per heavy atom. The topological polar surface area (TPSA) is 114 Å². The maximum atomic E-state index is 12.9. The van der Waals surface area contributed by atoms with Crippen molar-refractivity contribution in [2.45, 2.75) is 19.3 Å². The van der Waals surface area contributed by atoms with Crippen LogP contribution in [0.2, 0.25) is 0 Å². The molecule has 1 atom stereocenters. The minimum Gasteiger partial charge on any atom is -0.508 e. The monoisotopic (exact) mass is 381 g/mol. The van der Waals surface area contributed by atoms with E-state index in [2.05, 4.69) is 20.5 Å². The lowest BCUT2D eigenvalue weighted by atomic mass is 9.94. The smallest absolute Gasteiger partial charge is 0.270 e. The molecule has 1 saturated heterocycles. The molecule has 0 aliphatic carbocycles. The van der Waals surface area contributed by atoms with E-state index in [-0.39, 0.29) is 17.6 Å². The molecule has 0 saturated carbocycles. The third-order valence-electron chi connectivity index (χ3n) is 5.24. The van der Waals surface area contributed by atoms with Gasteiger partial charge in [-0.25, -0.2) is 0 Å². The zero-order chi connectivity index (χ0) is 19.5. The fourth-order valence-corrected chi connectivity index (χ4v) is 3.76. The van der Waals surface area contributed by atoms with Crippen LogP contribution in [-0.4, -0.2) is 56.6 Å². The van der Waals surface area contributed by atoms with Crippen molar-refractivity contribution in [1.29, 1.82) is 0 Å². The number of nitrogens with zero attached hydrogens (tertiary/aromatic N) is 2. The second-order valence-electron chi connectivity index (χ2n) is 7.25. The number of phenols is 1. The number of likely N-dealkylation sites (tertiary alicyclic amines) is 1. The van der Waals surface area contributed by atoms with Gasteiger partial charge in [-0.05, 0) is 49.4 Å². The Balaban J connectivity index is 1.33. The first kappa shape index (κ1) is 18.1.